The molecule has 3 aromatic carbocycles. The van der Waals surface area contributed by atoms with Gasteiger partial charge in [0.05, 0.1) is 5.69 Å². The number of carbonyl (C=O) groups is 3. The minimum atomic E-state index is -0.609. The van der Waals surface area contributed by atoms with Gasteiger partial charge in [-0.05, 0) is 24.1 Å². The maximum absolute atomic E-state index is 12.6. The molecule has 0 aliphatic rings. The Morgan fingerprint density at radius 3 is 2.00 bits per heavy atom. The van der Waals surface area contributed by atoms with Crippen molar-refractivity contribution in [2.45, 2.75) is 13.3 Å². The largest absolute Gasteiger partial charge is 0.298 e. The van der Waals surface area contributed by atoms with E-state index >= 15 is 0 Å². The fourth-order valence-corrected chi connectivity index (χ4v) is 3.88. The number of hydrogen-bond donors (Lipinski definition) is 1. The van der Waals surface area contributed by atoms with Crippen LogP contribution in [0.5, 0.6) is 0 Å². The van der Waals surface area contributed by atoms with Gasteiger partial charge in [-0.15, -0.1) is 11.3 Å². The lowest BCUT2D eigenvalue weighted by atomic mass is 10.0. The van der Waals surface area contributed by atoms with Gasteiger partial charge in [-0.2, -0.15) is 0 Å². The third-order valence-electron chi connectivity index (χ3n) is 5.03. The molecule has 1 N–H and O–H groups in total. The number of nitrogens with one attached hydrogen (secondary N) is 1. The molecule has 0 saturated carbocycles. The first-order valence-electron chi connectivity index (χ1n) is 10.2. The van der Waals surface area contributed by atoms with Gasteiger partial charge in [0.15, 0.2) is 5.13 Å². The summed E-state index contributed by atoms with van der Waals surface area (Å²) in [6.07, 6.45) is 0.976. The molecule has 0 radical (unpaired) electrons. The second-order valence-corrected chi connectivity index (χ2v) is 8.00. The van der Waals surface area contributed by atoms with Gasteiger partial charge >= 0.3 is 0 Å². The molecular formula is C26H20N2O3S. The van der Waals surface area contributed by atoms with Crippen LogP contribution in [0.3, 0.4) is 0 Å². The number of anilines is 1. The quantitative estimate of drug-likeness (QED) is 0.296. The lowest BCUT2D eigenvalue weighted by Crippen LogP contribution is -2.15. The van der Waals surface area contributed by atoms with Crippen LogP contribution in [0.1, 0.15) is 43.6 Å². The zero-order valence-electron chi connectivity index (χ0n) is 17.4. The fourth-order valence-electron chi connectivity index (χ4n) is 3.17. The zero-order chi connectivity index (χ0) is 22.5. The highest BCUT2D eigenvalue weighted by molar-refractivity contribution is 7.14. The van der Waals surface area contributed by atoms with Gasteiger partial charge in [-0.1, -0.05) is 73.7 Å². The first-order chi connectivity index (χ1) is 15.5. The summed E-state index contributed by atoms with van der Waals surface area (Å²) < 4.78 is 0. The Labute approximate surface area is 189 Å². The monoisotopic (exact) mass is 440 g/mol. The van der Waals surface area contributed by atoms with Crippen LogP contribution in [0.15, 0.2) is 84.2 Å². The minimum absolute atomic E-state index is 0.238. The molecule has 158 valence electrons. The number of ketones is 2. The van der Waals surface area contributed by atoms with Crippen molar-refractivity contribution in [3.05, 3.63) is 106 Å². The zero-order valence-corrected chi connectivity index (χ0v) is 18.2. The van der Waals surface area contributed by atoms with Crippen molar-refractivity contribution in [1.29, 1.82) is 0 Å². The molecule has 0 atom stereocenters. The van der Waals surface area contributed by atoms with Crippen molar-refractivity contribution in [3.8, 4) is 11.3 Å². The molecule has 0 fully saturated rings. The highest BCUT2D eigenvalue weighted by Gasteiger charge is 2.18. The second-order valence-electron chi connectivity index (χ2n) is 7.14. The summed E-state index contributed by atoms with van der Waals surface area (Å²) in [6, 6.07) is 22.6. The summed E-state index contributed by atoms with van der Waals surface area (Å²) in [5.41, 5.74) is 3.99. The number of hydrogen-bond acceptors (Lipinski definition) is 5. The van der Waals surface area contributed by atoms with Gasteiger partial charge in [-0.25, -0.2) is 4.98 Å². The van der Waals surface area contributed by atoms with Crippen LogP contribution < -0.4 is 5.32 Å². The van der Waals surface area contributed by atoms with Gasteiger partial charge in [0, 0.05) is 27.6 Å². The molecule has 0 aliphatic carbocycles. The number of aromatic nitrogens is 1. The van der Waals surface area contributed by atoms with E-state index in [9.17, 15) is 14.4 Å². The summed E-state index contributed by atoms with van der Waals surface area (Å²) in [7, 11) is 0. The third kappa shape index (κ3) is 4.71. The number of Topliss-reactive ketones (excluding diaryl/α,β-unsaturated/α-hetero) is 2. The molecule has 4 aromatic rings. The summed E-state index contributed by atoms with van der Waals surface area (Å²) in [4.78, 5) is 41.8. The van der Waals surface area contributed by atoms with E-state index in [0.717, 1.165) is 17.7 Å². The van der Waals surface area contributed by atoms with E-state index in [-0.39, 0.29) is 11.5 Å². The van der Waals surface area contributed by atoms with Gasteiger partial charge < -0.3 is 0 Å². The van der Waals surface area contributed by atoms with Crippen molar-refractivity contribution in [3.63, 3.8) is 0 Å². The lowest BCUT2D eigenvalue weighted by molar-refractivity contribution is 0.0817. The number of aryl methyl sites for hydroxylation is 1. The summed E-state index contributed by atoms with van der Waals surface area (Å²) >= 11 is 1.35. The molecular weight excluding hydrogens is 420 g/mol. The van der Waals surface area contributed by atoms with Gasteiger partial charge in [0.1, 0.15) is 0 Å². The lowest BCUT2D eigenvalue weighted by Gasteiger charge is -2.04. The van der Waals surface area contributed by atoms with E-state index in [1.807, 2.05) is 17.5 Å². The Balaban J connectivity index is 1.42. The highest BCUT2D eigenvalue weighted by Crippen LogP contribution is 2.25. The number of thiazole rings is 1. The van der Waals surface area contributed by atoms with E-state index in [4.69, 9.17) is 0 Å². The molecule has 4 rings (SSSR count). The average molecular weight is 441 g/mol. The smallest absolute Gasteiger partial charge is 0.257 e. The highest BCUT2D eigenvalue weighted by atomic mass is 32.1. The van der Waals surface area contributed by atoms with E-state index in [0.29, 0.717) is 16.3 Å². The number of nitrogens with zero attached hydrogens (tertiary/aromatic N) is 1. The van der Waals surface area contributed by atoms with Crippen LogP contribution in [-0.2, 0) is 6.42 Å². The van der Waals surface area contributed by atoms with Crippen LogP contribution in [0.2, 0.25) is 0 Å². The standard InChI is InChI=1S/C26H20N2O3S/c1-2-17-8-10-18(11-9-17)22-16-32-26(27-22)28-25(31)21-14-12-20(13-15-21)24(30)23(29)19-6-4-3-5-7-19/h3-16H,2H2,1H3,(H,27,28,31). The first-order valence-corrected chi connectivity index (χ1v) is 11.0. The number of rotatable bonds is 7. The molecule has 0 saturated heterocycles. The van der Waals surface area contributed by atoms with Crippen LogP contribution >= 0.6 is 11.3 Å². The van der Waals surface area contributed by atoms with Crippen molar-refractivity contribution < 1.29 is 14.4 Å². The fraction of sp³-hybridized carbons (Fsp3) is 0.0769. The van der Waals surface area contributed by atoms with Crippen LogP contribution in [0, 0.1) is 0 Å². The van der Waals surface area contributed by atoms with E-state index in [1.54, 1.807) is 30.3 Å². The molecule has 0 spiro atoms. The van der Waals surface area contributed by atoms with E-state index in [1.165, 1.54) is 41.2 Å². The van der Waals surface area contributed by atoms with Gasteiger partial charge in [-0.3, -0.25) is 19.7 Å². The Kier molecular flexibility index (Phi) is 6.33. The minimum Gasteiger partial charge on any atom is -0.298 e. The molecule has 6 heteroatoms. The van der Waals surface area contributed by atoms with E-state index in [2.05, 4.69) is 29.4 Å². The third-order valence-corrected chi connectivity index (χ3v) is 5.79. The second kappa shape index (κ2) is 9.49. The summed E-state index contributed by atoms with van der Waals surface area (Å²) in [5.74, 6) is -1.52. The predicted octanol–water partition coefficient (Wildman–Crippen LogP) is 5.69. The van der Waals surface area contributed by atoms with Crippen molar-refractivity contribution >= 4 is 33.9 Å². The number of amides is 1. The predicted molar refractivity (Wildman–Crippen MR) is 126 cm³/mol. The molecule has 0 aliphatic heterocycles. The molecule has 5 nitrogen and oxygen atoms in total. The van der Waals surface area contributed by atoms with Crippen molar-refractivity contribution in [1.82, 2.24) is 4.98 Å². The van der Waals surface area contributed by atoms with Crippen molar-refractivity contribution in [2.75, 3.05) is 5.32 Å². The Bertz CT molecular complexity index is 1260. The summed E-state index contributed by atoms with van der Waals surface area (Å²) in [5, 5.41) is 5.17. The van der Waals surface area contributed by atoms with Crippen LogP contribution in [0.4, 0.5) is 5.13 Å². The van der Waals surface area contributed by atoms with Crippen LogP contribution in [0.25, 0.3) is 11.3 Å². The Morgan fingerprint density at radius 1 is 0.781 bits per heavy atom. The Hall–Kier alpha value is -3.90. The number of carbonyl (C=O) groups excluding carboxylic acids is 3. The Morgan fingerprint density at radius 2 is 1.38 bits per heavy atom. The topological polar surface area (TPSA) is 76.1 Å². The van der Waals surface area contributed by atoms with Gasteiger partial charge in [0.25, 0.3) is 5.91 Å². The van der Waals surface area contributed by atoms with Crippen molar-refractivity contribution in [2.24, 2.45) is 0 Å². The molecule has 1 aromatic heterocycles. The normalized spacial score (nSPS) is 10.5. The van der Waals surface area contributed by atoms with E-state index < -0.39 is 11.6 Å². The molecule has 1 heterocycles. The molecule has 1 amide bonds. The summed E-state index contributed by atoms with van der Waals surface area (Å²) in [6.45, 7) is 2.11. The SMILES string of the molecule is CCc1ccc(-c2csc(NC(=O)c3ccc(C(=O)C(=O)c4ccccc4)cc3)n2)cc1. The number of benzene rings is 3. The average Bonchev–Trinajstić information content (AvgIpc) is 3.32. The van der Waals surface area contributed by atoms with Gasteiger partial charge in [0.2, 0.25) is 11.6 Å². The van der Waals surface area contributed by atoms with Crippen LogP contribution in [-0.4, -0.2) is 22.5 Å². The maximum atomic E-state index is 12.6. The molecule has 0 bridgehead atoms. The molecule has 0 unspecified atom stereocenters. The molecule has 32 heavy (non-hydrogen) atoms. The maximum Gasteiger partial charge on any atom is 0.257 e. The first kappa shape index (κ1) is 21.3.